The zero-order valence-electron chi connectivity index (χ0n) is 15.4. The van der Waals surface area contributed by atoms with Gasteiger partial charge in [-0.3, -0.25) is 4.79 Å². The van der Waals surface area contributed by atoms with E-state index in [1.54, 1.807) is 0 Å². The largest absolute Gasteiger partial charge is 0.481 e. The molecule has 0 atom stereocenters. The Morgan fingerprint density at radius 3 is 2.08 bits per heavy atom. The van der Waals surface area contributed by atoms with Crippen molar-refractivity contribution in [2.45, 2.75) is 90.3 Å². The highest BCUT2D eigenvalue weighted by Gasteiger charge is 2.34. The topological polar surface area (TPSA) is 55.8 Å². The van der Waals surface area contributed by atoms with Crippen molar-refractivity contribution in [3.8, 4) is 0 Å². The number of aliphatic carboxylic acids is 1. The van der Waals surface area contributed by atoms with E-state index in [1.165, 1.54) is 77.0 Å². The van der Waals surface area contributed by atoms with E-state index in [0.717, 1.165) is 5.92 Å². The summed E-state index contributed by atoms with van der Waals surface area (Å²) in [5, 5.41) is 8.97. The number of carboxylic acids is 1. The van der Waals surface area contributed by atoms with Gasteiger partial charge in [0.1, 0.15) is 5.92 Å². The van der Waals surface area contributed by atoms with Crippen LogP contribution in [0.25, 0.3) is 0 Å². The molecule has 1 saturated carbocycles. The summed E-state index contributed by atoms with van der Waals surface area (Å²) in [7, 11) is 0. The van der Waals surface area contributed by atoms with Gasteiger partial charge in [0, 0.05) is 5.92 Å². The first-order valence-electron chi connectivity index (χ1n) is 10.2. The fourth-order valence-electron chi connectivity index (χ4n) is 4.07. The van der Waals surface area contributed by atoms with Crippen molar-refractivity contribution in [2.24, 2.45) is 17.8 Å². The van der Waals surface area contributed by atoms with Gasteiger partial charge in [-0.05, 0) is 31.6 Å². The SMILES string of the molecule is CCCCCCCCCC1CCC(C2OCC(C(=O)O)CO2)CC1. The van der Waals surface area contributed by atoms with Crippen LogP contribution in [-0.4, -0.2) is 30.6 Å². The zero-order chi connectivity index (χ0) is 17.2. The number of rotatable bonds is 10. The van der Waals surface area contributed by atoms with E-state index in [0.29, 0.717) is 19.1 Å². The second-order valence-corrected chi connectivity index (χ2v) is 7.76. The summed E-state index contributed by atoms with van der Waals surface area (Å²) in [6.45, 7) is 2.88. The van der Waals surface area contributed by atoms with Gasteiger partial charge in [-0.1, -0.05) is 58.3 Å². The summed E-state index contributed by atoms with van der Waals surface area (Å²) in [5.41, 5.74) is 0. The summed E-state index contributed by atoms with van der Waals surface area (Å²) in [5.74, 6) is 0.0408. The van der Waals surface area contributed by atoms with Crippen molar-refractivity contribution >= 4 is 5.97 Å². The molecule has 0 unspecified atom stereocenters. The van der Waals surface area contributed by atoms with Crippen molar-refractivity contribution in [3.05, 3.63) is 0 Å². The molecule has 0 amide bonds. The number of ether oxygens (including phenoxy) is 2. The molecule has 0 aromatic carbocycles. The number of carbonyl (C=O) groups is 1. The van der Waals surface area contributed by atoms with Crippen LogP contribution < -0.4 is 0 Å². The Morgan fingerprint density at radius 1 is 0.917 bits per heavy atom. The van der Waals surface area contributed by atoms with E-state index in [1.807, 2.05) is 0 Å². The van der Waals surface area contributed by atoms with Gasteiger partial charge in [-0.15, -0.1) is 0 Å². The van der Waals surface area contributed by atoms with E-state index < -0.39 is 11.9 Å². The molecule has 0 radical (unpaired) electrons. The summed E-state index contributed by atoms with van der Waals surface area (Å²) in [6.07, 6.45) is 15.9. The van der Waals surface area contributed by atoms with Crippen LogP contribution in [0.4, 0.5) is 0 Å². The van der Waals surface area contributed by atoms with E-state index >= 15 is 0 Å². The molecule has 1 aliphatic carbocycles. The van der Waals surface area contributed by atoms with E-state index in [9.17, 15) is 4.79 Å². The first-order chi connectivity index (χ1) is 11.7. The minimum absolute atomic E-state index is 0.167. The average Bonchev–Trinajstić information content (AvgIpc) is 2.61. The minimum Gasteiger partial charge on any atom is -0.481 e. The molecular weight excluding hydrogens is 304 g/mol. The number of carboxylic acid groups (broad SMARTS) is 1. The van der Waals surface area contributed by atoms with Crippen molar-refractivity contribution in [3.63, 3.8) is 0 Å². The highest BCUT2D eigenvalue weighted by molar-refractivity contribution is 5.70. The maximum atomic E-state index is 10.9. The standard InChI is InChI=1S/C20H36O4/c1-2-3-4-5-6-7-8-9-16-10-12-17(13-11-16)20-23-14-18(15-24-20)19(21)22/h16-18,20H,2-15H2,1H3,(H,21,22). The van der Waals surface area contributed by atoms with Gasteiger partial charge < -0.3 is 14.6 Å². The lowest BCUT2D eigenvalue weighted by Gasteiger charge is -2.36. The average molecular weight is 341 g/mol. The monoisotopic (exact) mass is 340 g/mol. The molecule has 1 heterocycles. The molecule has 140 valence electrons. The van der Waals surface area contributed by atoms with Crippen LogP contribution in [0, 0.1) is 17.8 Å². The highest BCUT2D eigenvalue weighted by atomic mass is 16.7. The van der Waals surface area contributed by atoms with Gasteiger partial charge in [0.05, 0.1) is 13.2 Å². The summed E-state index contributed by atoms with van der Waals surface area (Å²) in [6, 6.07) is 0. The molecule has 1 saturated heterocycles. The lowest BCUT2D eigenvalue weighted by atomic mass is 9.79. The van der Waals surface area contributed by atoms with E-state index in [4.69, 9.17) is 14.6 Å². The summed E-state index contributed by atoms with van der Waals surface area (Å²) >= 11 is 0. The van der Waals surface area contributed by atoms with Crippen molar-refractivity contribution in [1.29, 1.82) is 0 Å². The predicted molar refractivity (Wildman–Crippen MR) is 94.9 cm³/mol. The van der Waals surface area contributed by atoms with Gasteiger partial charge in [0.25, 0.3) is 0 Å². The number of unbranched alkanes of at least 4 members (excludes halogenated alkanes) is 6. The maximum absolute atomic E-state index is 10.9. The fourth-order valence-corrected chi connectivity index (χ4v) is 4.07. The van der Waals surface area contributed by atoms with Crippen LogP contribution >= 0.6 is 0 Å². The van der Waals surface area contributed by atoms with Gasteiger partial charge in [0.15, 0.2) is 6.29 Å². The molecule has 1 aliphatic heterocycles. The molecule has 24 heavy (non-hydrogen) atoms. The molecule has 0 bridgehead atoms. The van der Waals surface area contributed by atoms with Crippen LogP contribution in [0.15, 0.2) is 0 Å². The smallest absolute Gasteiger partial charge is 0.311 e. The molecule has 2 fully saturated rings. The highest BCUT2D eigenvalue weighted by Crippen LogP contribution is 2.36. The lowest BCUT2D eigenvalue weighted by Crippen LogP contribution is -2.41. The minimum atomic E-state index is -0.813. The van der Waals surface area contributed by atoms with Crippen LogP contribution in [0.2, 0.25) is 0 Å². The lowest BCUT2D eigenvalue weighted by molar-refractivity contribution is -0.231. The second-order valence-electron chi connectivity index (χ2n) is 7.76. The molecule has 1 N–H and O–H groups in total. The Bertz CT molecular complexity index is 342. The maximum Gasteiger partial charge on any atom is 0.311 e. The van der Waals surface area contributed by atoms with Crippen LogP contribution in [0.5, 0.6) is 0 Å². The van der Waals surface area contributed by atoms with Crippen molar-refractivity contribution in [1.82, 2.24) is 0 Å². The first-order valence-corrected chi connectivity index (χ1v) is 10.2. The van der Waals surface area contributed by atoms with Gasteiger partial charge >= 0.3 is 5.97 Å². The summed E-state index contributed by atoms with van der Waals surface area (Å²) < 4.78 is 11.3. The normalized spacial score (nSPS) is 31.0. The Kier molecular flexibility index (Phi) is 9.11. The van der Waals surface area contributed by atoms with E-state index in [-0.39, 0.29) is 6.29 Å². The van der Waals surface area contributed by atoms with Gasteiger partial charge in [-0.2, -0.15) is 0 Å². The molecule has 4 nitrogen and oxygen atoms in total. The molecule has 0 aromatic heterocycles. The van der Waals surface area contributed by atoms with Crippen molar-refractivity contribution < 1.29 is 19.4 Å². The third-order valence-electron chi connectivity index (χ3n) is 5.76. The Hall–Kier alpha value is -0.610. The fraction of sp³-hybridized carbons (Fsp3) is 0.950. The predicted octanol–water partition coefficient (Wildman–Crippen LogP) is 5.01. The molecule has 0 spiro atoms. The Morgan fingerprint density at radius 2 is 1.50 bits per heavy atom. The third kappa shape index (κ3) is 6.72. The second kappa shape index (κ2) is 11.1. The van der Waals surface area contributed by atoms with Crippen molar-refractivity contribution in [2.75, 3.05) is 13.2 Å². The number of hydrogen-bond acceptors (Lipinski definition) is 3. The quantitative estimate of drug-likeness (QED) is 0.568. The van der Waals surface area contributed by atoms with Crippen LogP contribution in [-0.2, 0) is 14.3 Å². The Labute approximate surface area is 147 Å². The third-order valence-corrected chi connectivity index (χ3v) is 5.76. The Balaban J connectivity index is 1.51. The van der Waals surface area contributed by atoms with Crippen LogP contribution in [0.1, 0.15) is 84.0 Å². The molecule has 2 aliphatic rings. The number of hydrogen-bond donors (Lipinski definition) is 1. The zero-order valence-corrected chi connectivity index (χ0v) is 15.4. The van der Waals surface area contributed by atoms with E-state index in [2.05, 4.69) is 6.92 Å². The molecule has 4 heteroatoms. The van der Waals surface area contributed by atoms with Gasteiger partial charge in [-0.25, -0.2) is 0 Å². The van der Waals surface area contributed by atoms with Crippen LogP contribution in [0.3, 0.4) is 0 Å². The summed E-state index contributed by atoms with van der Waals surface area (Å²) in [4.78, 5) is 10.9. The first kappa shape index (κ1) is 19.7. The molecule has 0 aromatic rings. The van der Waals surface area contributed by atoms with Gasteiger partial charge in [0.2, 0.25) is 0 Å². The molecular formula is C20H36O4. The molecule has 2 rings (SSSR count).